The number of rotatable bonds is 1. The predicted molar refractivity (Wildman–Crippen MR) is 37.9 cm³/mol. The fourth-order valence-electron chi connectivity index (χ4n) is 0.450. The molecule has 4 nitrogen and oxygen atoms in total. The first-order valence-corrected chi connectivity index (χ1v) is 2.71. The van der Waals surface area contributed by atoms with Gasteiger partial charge in [-0.15, -0.1) is 0 Å². The molecule has 0 bridgehead atoms. The van der Waals surface area contributed by atoms with Gasteiger partial charge in [0.2, 0.25) is 0 Å². The van der Waals surface area contributed by atoms with E-state index in [-0.39, 0.29) is 5.11 Å². The van der Waals surface area contributed by atoms with E-state index in [1.54, 1.807) is 12.4 Å². The molecule has 0 aliphatic rings. The summed E-state index contributed by atoms with van der Waals surface area (Å²) in [5, 5.41) is 8.81. The third-order valence-corrected chi connectivity index (χ3v) is 0.858. The minimum Gasteiger partial charge on any atom is -0.329 e. The summed E-state index contributed by atoms with van der Waals surface area (Å²) in [6, 6.07) is 0. The fourth-order valence-corrected chi connectivity index (χ4v) is 0.568. The molecule has 0 atom stereocenters. The Bertz CT molecular complexity index is 192. The van der Waals surface area contributed by atoms with E-state index in [9.17, 15) is 0 Å². The van der Waals surface area contributed by atoms with Crippen LogP contribution in [-0.2, 0) is 0 Å². The summed E-state index contributed by atoms with van der Waals surface area (Å²) in [4.78, 5) is 0. The second kappa shape index (κ2) is 2.45. The van der Waals surface area contributed by atoms with Crippen molar-refractivity contribution in [2.45, 2.75) is 0 Å². The van der Waals surface area contributed by atoms with Gasteiger partial charge in [0.05, 0.1) is 11.9 Å². The highest BCUT2D eigenvalue weighted by atomic mass is 32.1. The van der Waals surface area contributed by atoms with Gasteiger partial charge >= 0.3 is 0 Å². The Kier molecular flexibility index (Phi) is 1.64. The lowest BCUT2D eigenvalue weighted by Crippen LogP contribution is -2.07. The van der Waals surface area contributed by atoms with Crippen LogP contribution in [0.3, 0.4) is 0 Å². The third kappa shape index (κ3) is 1.69. The second-order valence-electron chi connectivity index (χ2n) is 1.44. The Balaban J connectivity index is 2.58. The summed E-state index contributed by atoms with van der Waals surface area (Å²) in [6.07, 6.45) is 3.18. The minimum absolute atomic E-state index is 0.00333. The highest BCUT2D eigenvalue weighted by molar-refractivity contribution is 7.80. The van der Waals surface area contributed by atoms with Gasteiger partial charge in [-0.05, 0) is 12.2 Å². The smallest absolute Gasteiger partial charge is 0.189 e. The van der Waals surface area contributed by atoms with E-state index in [0.29, 0.717) is 0 Å². The van der Waals surface area contributed by atoms with Crippen LogP contribution in [0.1, 0.15) is 0 Å². The zero-order valence-electron chi connectivity index (χ0n) is 4.51. The quantitative estimate of drug-likeness (QED) is 0.556. The molecule has 1 radical (unpaired) electrons. The summed E-state index contributed by atoms with van der Waals surface area (Å²) < 4.78 is 0. The first-order valence-electron chi connectivity index (χ1n) is 2.30. The highest BCUT2D eigenvalue weighted by Crippen LogP contribution is 1.98. The molecule has 0 spiro atoms. The summed E-state index contributed by atoms with van der Waals surface area (Å²) in [6.45, 7) is 0. The maximum absolute atomic E-state index is 6.83. The average molecular weight is 141 g/mol. The average Bonchev–Trinajstić information content (AvgIpc) is 2.15. The number of nitrogens with zero attached hydrogens (tertiary/aromatic N) is 1. The van der Waals surface area contributed by atoms with Crippen molar-refractivity contribution in [2.75, 3.05) is 5.32 Å². The van der Waals surface area contributed by atoms with Crippen LogP contribution in [0.5, 0.6) is 0 Å². The maximum Gasteiger partial charge on any atom is 0.189 e. The Morgan fingerprint density at radius 1 is 1.89 bits per heavy atom. The molecule has 9 heavy (non-hydrogen) atoms. The molecule has 0 aliphatic heterocycles. The van der Waals surface area contributed by atoms with Crippen LogP contribution in [0.2, 0.25) is 0 Å². The molecule has 1 aromatic heterocycles. The van der Waals surface area contributed by atoms with E-state index in [4.69, 9.17) is 5.73 Å². The maximum atomic E-state index is 6.83. The molecular weight excluding hydrogens is 136 g/mol. The molecule has 1 heterocycles. The number of anilines is 1. The molecule has 0 saturated carbocycles. The van der Waals surface area contributed by atoms with Gasteiger partial charge in [0.1, 0.15) is 0 Å². The van der Waals surface area contributed by atoms with Crippen molar-refractivity contribution >= 4 is 23.0 Å². The molecule has 47 valence electrons. The largest absolute Gasteiger partial charge is 0.329 e. The van der Waals surface area contributed by atoms with Gasteiger partial charge in [0, 0.05) is 6.20 Å². The Morgan fingerprint density at radius 2 is 2.67 bits per heavy atom. The molecule has 0 aliphatic carbocycles. The van der Waals surface area contributed by atoms with Crippen molar-refractivity contribution in [3.63, 3.8) is 0 Å². The molecule has 0 saturated heterocycles. The summed E-state index contributed by atoms with van der Waals surface area (Å²) in [7, 11) is 0. The van der Waals surface area contributed by atoms with E-state index in [0.717, 1.165) is 5.69 Å². The summed E-state index contributed by atoms with van der Waals surface area (Å²) in [5.41, 5.74) is 7.55. The Hall–Kier alpha value is -1.10. The van der Waals surface area contributed by atoms with Crippen molar-refractivity contribution in [3.8, 4) is 0 Å². The SMILES string of the molecule is [NH]C(=S)Nc1cn[nH]c1. The van der Waals surface area contributed by atoms with Crippen LogP contribution in [0.4, 0.5) is 5.69 Å². The number of nitrogens with one attached hydrogen (secondary N) is 3. The lowest BCUT2D eigenvalue weighted by Gasteiger charge is -1.93. The van der Waals surface area contributed by atoms with E-state index in [1.807, 2.05) is 0 Å². The number of hydrogen-bond acceptors (Lipinski definition) is 2. The number of thiocarbonyl (C=S) groups is 1. The zero-order valence-corrected chi connectivity index (χ0v) is 5.33. The second-order valence-corrected chi connectivity index (χ2v) is 1.85. The van der Waals surface area contributed by atoms with Crippen LogP contribution >= 0.6 is 12.2 Å². The molecule has 3 N–H and O–H groups in total. The predicted octanol–water partition coefficient (Wildman–Crippen LogP) is 0.389. The number of hydrogen-bond donors (Lipinski definition) is 2. The number of aromatic amines is 1. The fraction of sp³-hybridized carbons (Fsp3) is 0. The van der Waals surface area contributed by atoms with E-state index in [1.165, 1.54) is 0 Å². The highest BCUT2D eigenvalue weighted by Gasteiger charge is 1.90. The molecular formula is C4H5N4S. The Labute approximate surface area is 57.4 Å². The molecule has 1 rings (SSSR count). The summed E-state index contributed by atoms with van der Waals surface area (Å²) in [5.74, 6) is 0. The lowest BCUT2D eigenvalue weighted by atomic mass is 10.6. The van der Waals surface area contributed by atoms with E-state index in [2.05, 4.69) is 27.7 Å². The molecule has 0 fully saturated rings. The van der Waals surface area contributed by atoms with Crippen LogP contribution < -0.4 is 11.1 Å². The monoisotopic (exact) mass is 141 g/mol. The van der Waals surface area contributed by atoms with Crippen LogP contribution in [0.15, 0.2) is 12.4 Å². The number of H-pyrrole nitrogens is 1. The lowest BCUT2D eigenvalue weighted by molar-refractivity contribution is 1.09. The zero-order chi connectivity index (χ0) is 6.69. The minimum atomic E-state index is -0.00333. The van der Waals surface area contributed by atoms with Crippen LogP contribution in [0, 0.1) is 0 Å². The van der Waals surface area contributed by atoms with Gasteiger partial charge in [0.15, 0.2) is 5.11 Å². The van der Waals surface area contributed by atoms with E-state index >= 15 is 0 Å². The van der Waals surface area contributed by atoms with Crippen LogP contribution in [-0.4, -0.2) is 15.3 Å². The Morgan fingerprint density at radius 3 is 3.11 bits per heavy atom. The van der Waals surface area contributed by atoms with Crippen molar-refractivity contribution in [3.05, 3.63) is 12.4 Å². The van der Waals surface area contributed by atoms with Gasteiger partial charge in [-0.25, -0.2) is 0 Å². The molecule has 0 unspecified atom stereocenters. The van der Waals surface area contributed by atoms with Crippen LogP contribution in [0.25, 0.3) is 0 Å². The van der Waals surface area contributed by atoms with Crippen molar-refractivity contribution in [2.24, 2.45) is 0 Å². The standard InChI is InChI=1S/C4H5N4S/c5-4(9)8-3-1-6-7-2-3/h1-2,5H,(H,6,7)(H,8,9). The van der Waals surface area contributed by atoms with Gasteiger partial charge in [0.25, 0.3) is 0 Å². The van der Waals surface area contributed by atoms with E-state index < -0.39 is 0 Å². The first kappa shape index (κ1) is 6.03. The van der Waals surface area contributed by atoms with Gasteiger partial charge in [-0.2, -0.15) is 5.10 Å². The first-order chi connectivity index (χ1) is 4.29. The molecule has 5 heteroatoms. The van der Waals surface area contributed by atoms with Crippen molar-refractivity contribution in [1.82, 2.24) is 15.9 Å². The molecule has 0 amide bonds. The normalized spacial score (nSPS) is 8.89. The topological polar surface area (TPSA) is 64.5 Å². The van der Waals surface area contributed by atoms with Crippen molar-refractivity contribution < 1.29 is 0 Å². The van der Waals surface area contributed by atoms with Crippen molar-refractivity contribution in [1.29, 1.82) is 0 Å². The summed E-state index contributed by atoms with van der Waals surface area (Å²) >= 11 is 4.46. The molecule has 0 aromatic carbocycles. The van der Waals surface area contributed by atoms with Gasteiger partial charge in [-0.1, -0.05) is 0 Å². The molecule has 1 aromatic rings. The van der Waals surface area contributed by atoms with Gasteiger partial charge in [-0.3, -0.25) is 10.8 Å². The van der Waals surface area contributed by atoms with Gasteiger partial charge < -0.3 is 5.32 Å². The number of aromatic nitrogens is 2. The third-order valence-electron chi connectivity index (χ3n) is 0.756.